The van der Waals surface area contributed by atoms with Crippen molar-refractivity contribution in [1.82, 2.24) is 9.99 Å². The summed E-state index contributed by atoms with van der Waals surface area (Å²) in [4.78, 5) is 55.4. The van der Waals surface area contributed by atoms with Gasteiger partial charge >= 0.3 is 17.9 Å². The number of esters is 3. The second-order valence-corrected chi connectivity index (χ2v) is 25.2. The minimum Gasteiger partial charge on any atom is -0.497 e. The number of nitrogens with zero attached hydrogens (tertiary/aromatic N) is 2. The third-order valence-electron chi connectivity index (χ3n) is 15.0. The lowest BCUT2D eigenvalue weighted by Crippen LogP contribution is -2.52. The highest BCUT2D eigenvalue weighted by Gasteiger charge is 2.54. The van der Waals surface area contributed by atoms with Crippen molar-refractivity contribution in [3.8, 4) is 40.6 Å². The maximum atomic E-state index is 14.9. The minimum atomic E-state index is -1.81. The number of hydrogen-bond acceptors (Lipinski definition) is 16. The molecule has 0 aliphatic carbocycles. The number of carbonyl (C=O) groups excluding carboxylic acids is 4. The van der Waals surface area contributed by atoms with Gasteiger partial charge in [0.05, 0.1) is 75.1 Å². The first-order valence-electron chi connectivity index (χ1n) is 28.5. The van der Waals surface area contributed by atoms with Crippen LogP contribution < -0.4 is 29.0 Å². The van der Waals surface area contributed by atoms with Gasteiger partial charge in [0, 0.05) is 46.5 Å². The molecule has 6 aromatic carbocycles. The van der Waals surface area contributed by atoms with Crippen LogP contribution in [0.5, 0.6) is 34.5 Å². The Hall–Kier alpha value is -7.68. The van der Waals surface area contributed by atoms with Gasteiger partial charge in [-0.15, -0.1) is 0 Å². The number of rotatable bonds is 20. The third-order valence-corrected chi connectivity index (χ3v) is 17.1. The Balaban J connectivity index is 1.07. The fourth-order valence-corrected chi connectivity index (χ4v) is 12.4. The molecule has 17 nitrogen and oxygen atoms in total. The van der Waals surface area contributed by atoms with Crippen LogP contribution in [0.1, 0.15) is 136 Å². The predicted octanol–water partition coefficient (Wildman–Crippen LogP) is 12.7. The summed E-state index contributed by atoms with van der Waals surface area (Å²) in [5.74, 6) is 0.0311. The molecule has 85 heavy (non-hydrogen) atoms. The van der Waals surface area contributed by atoms with Crippen LogP contribution in [0.4, 0.5) is 0 Å². The molecular weight excluding hydrogens is 1100 g/mol. The lowest BCUT2D eigenvalue weighted by Gasteiger charge is -2.43. The minimum absolute atomic E-state index is 0.0115. The maximum absolute atomic E-state index is 14.9. The van der Waals surface area contributed by atoms with Gasteiger partial charge in [-0.05, 0) is 159 Å². The molecule has 1 saturated heterocycles. The largest absolute Gasteiger partial charge is 0.497 e. The molecule has 4 unspecified atom stereocenters. The van der Waals surface area contributed by atoms with E-state index in [1.54, 1.807) is 110 Å². The summed E-state index contributed by atoms with van der Waals surface area (Å²) in [6, 6.07) is 41.4. The van der Waals surface area contributed by atoms with Gasteiger partial charge in [0.25, 0.3) is 14.4 Å². The van der Waals surface area contributed by atoms with Gasteiger partial charge in [-0.25, -0.2) is 9.46 Å². The zero-order chi connectivity index (χ0) is 61.0. The van der Waals surface area contributed by atoms with Crippen molar-refractivity contribution in [2.75, 3.05) is 34.0 Å². The monoisotopic (exact) mass is 1180 g/mol. The van der Waals surface area contributed by atoms with Gasteiger partial charge in [-0.2, -0.15) is 5.26 Å². The van der Waals surface area contributed by atoms with E-state index in [-0.39, 0.29) is 78.9 Å². The van der Waals surface area contributed by atoms with E-state index in [0.717, 1.165) is 16.7 Å². The van der Waals surface area contributed by atoms with E-state index < -0.39 is 72.6 Å². The summed E-state index contributed by atoms with van der Waals surface area (Å²) < 4.78 is 65.8. The smallest absolute Gasteiger partial charge is 0.340 e. The van der Waals surface area contributed by atoms with Crippen molar-refractivity contribution in [2.45, 2.75) is 124 Å². The van der Waals surface area contributed by atoms with Crippen molar-refractivity contribution in [3.05, 3.63) is 178 Å². The molecule has 1 N–H and O–H groups in total. The summed E-state index contributed by atoms with van der Waals surface area (Å²) in [5, 5.41) is 12.8. The van der Waals surface area contributed by atoms with Crippen molar-refractivity contribution >= 4 is 32.3 Å². The summed E-state index contributed by atoms with van der Waals surface area (Å²) >= 11 is 0. The fourth-order valence-electron chi connectivity index (χ4n) is 10.6. The number of nitriles is 1. The molecule has 1 amide bonds. The molecule has 0 aromatic heterocycles. The Bertz CT molecular complexity index is 3310. The van der Waals surface area contributed by atoms with E-state index in [1.165, 1.54) is 0 Å². The maximum Gasteiger partial charge on any atom is 0.340 e. The Morgan fingerprint density at radius 3 is 1.74 bits per heavy atom. The Labute approximate surface area is 498 Å². The number of hydrogen-bond donors (Lipinski definition) is 1. The Kier molecular flexibility index (Phi) is 18.6. The van der Waals surface area contributed by atoms with Gasteiger partial charge < -0.3 is 52.3 Å². The van der Waals surface area contributed by atoms with E-state index in [9.17, 15) is 24.4 Å². The number of fused-ring (bicyclic) bond motifs is 6. The lowest BCUT2D eigenvalue weighted by atomic mass is 9.77. The molecule has 0 saturated carbocycles. The van der Waals surface area contributed by atoms with Crippen LogP contribution in [-0.2, 0) is 44.0 Å². The zero-order valence-corrected chi connectivity index (χ0v) is 51.1. The standard InChI is InChI=1S/C67H74N3O14P/c1-41(2)70(42(3)4)85(79-34-16-33-68)84-58-36-47(39-77-59(58)40-78-66(44-17-14-13-15-18-44,45-20-24-48(75-11)25-21-45)46-22-26-49(76-12)27-23-46)69-60(71)43-19-30-52-55(35-43)67(83-61(52)72)53-31-28-50(80-62(73)64(5,6)7)37-56(53)82-57-38-51(29-32-54(57)67)81-63(74)65(8,9)10/h13-15,17-32,35,37-38,41-42,47,58-59H,16,34,36,39-40H2,1-12H3,(H,69,71). The molecule has 4 atom stereocenters. The van der Waals surface area contributed by atoms with Gasteiger partial charge in [0.15, 0.2) is 5.60 Å². The highest BCUT2D eigenvalue weighted by atomic mass is 31.2. The van der Waals surface area contributed by atoms with Crippen molar-refractivity contribution in [2.24, 2.45) is 10.8 Å². The first-order valence-corrected chi connectivity index (χ1v) is 29.6. The highest BCUT2D eigenvalue weighted by molar-refractivity contribution is 7.44. The van der Waals surface area contributed by atoms with E-state index >= 15 is 0 Å². The Morgan fingerprint density at radius 2 is 1.24 bits per heavy atom. The number of methoxy groups -OCH3 is 2. The second-order valence-electron chi connectivity index (χ2n) is 23.8. The fraction of sp³-hybridized carbons (Fsp3) is 0.388. The van der Waals surface area contributed by atoms with Gasteiger partial charge in [0.1, 0.15) is 46.2 Å². The molecule has 3 aliphatic heterocycles. The zero-order valence-electron chi connectivity index (χ0n) is 50.2. The molecule has 1 spiro atoms. The summed E-state index contributed by atoms with van der Waals surface area (Å²) in [6.45, 7) is 18.9. The molecule has 3 aliphatic rings. The topological polar surface area (TPSA) is 200 Å². The number of benzene rings is 6. The highest BCUT2D eigenvalue weighted by Crippen LogP contribution is 2.58. The molecule has 1 fully saturated rings. The average molecular weight is 1180 g/mol. The average Bonchev–Trinajstić information content (AvgIpc) is 1.65. The molecule has 9 rings (SSSR count). The molecule has 18 heteroatoms. The van der Waals surface area contributed by atoms with Crippen LogP contribution in [0.2, 0.25) is 0 Å². The number of carbonyl (C=O) groups is 4. The van der Waals surface area contributed by atoms with Crippen LogP contribution >= 0.6 is 8.53 Å². The van der Waals surface area contributed by atoms with Crippen LogP contribution in [0.15, 0.2) is 133 Å². The van der Waals surface area contributed by atoms with E-state index in [4.69, 9.17) is 46.9 Å². The molecule has 3 heterocycles. The first-order chi connectivity index (χ1) is 40.5. The van der Waals surface area contributed by atoms with Crippen LogP contribution in [0.25, 0.3) is 0 Å². The third kappa shape index (κ3) is 13.0. The first kappa shape index (κ1) is 61.9. The summed E-state index contributed by atoms with van der Waals surface area (Å²) in [5.41, 5.74) is -0.467. The quantitative estimate of drug-likeness (QED) is 0.0249. The number of nitrogens with one attached hydrogen (secondary N) is 1. The van der Waals surface area contributed by atoms with Crippen molar-refractivity contribution in [3.63, 3.8) is 0 Å². The molecule has 0 radical (unpaired) electrons. The molecule has 446 valence electrons. The van der Waals surface area contributed by atoms with E-state index in [2.05, 4.69) is 43.8 Å². The van der Waals surface area contributed by atoms with Crippen molar-refractivity contribution < 1.29 is 66.1 Å². The molecule has 0 bridgehead atoms. The number of ether oxygens (including phenoxy) is 8. The predicted molar refractivity (Wildman–Crippen MR) is 319 cm³/mol. The van der Waals surface area contributed by atoms with Gasteiger partial charge in [0.2, 0.25) is 0 Å². The van der Waals surface area contributed by atoms with Crippen LogP contribution in [0, 0.1) is 22.2 Å². The number of amides is 1. The van der Waals surface area contributed by atoms with Crippen LogP contribution in [-0.4, -0.2) is 92.9 Å². The van der Waals surface area contributed by atoms with Crippen molar-refractivity contribution in [1.29, 1.82) is 5.26 Å². The second kappa shape index (κ2) is 25.5. The van der Waals surface area contributed by atoms with Gasteiger partial charge in [-0.1, -0.05) is 54.6 Å². The normalized spacial score (nSPS) is 17.4. The van der Waals surface area contributed by atoms with E-state index in [0.29, 0.717) is 28.2 Å². The lowest BCUT2D eigenvalue weighted by molar-refractivity contribution is -0.143. The van der Waals surface area contributed by atoms with Gasteiger partial charge in [-0.3, -0.25) is 14.4 Å². The molecule has 6 aromatic rings. The van der Waals surface area contributed by atoms with Crippen LogP contribution in [0.3, 0.4) is 0 Å². The summed E-state index contributed by atoms with van der Waals surface area (Å²) in [7, 11) is 1.43. The molecular formula is C67H74N3O14P. The SMILES string of the molecule is COc1ccc(C(OCC2OCC(NC(=O)c3ccc4c(c3)C3(OC4=O)c4ccc(OC(=O)C(C)(C)C)cc4Oc4cc(OC(=O)C(C)(C)C)ccc43)CC2OP(OCCC#N)N(C(C)C)C(C)C)(c2ccccc2)c2ccc(OC)cc2)cc1. The Morgan fingerprint density at radius 1 is 0.706 bits per heavy atom. The van der Waals surface area contributed by atoms with E-state index in [1.807, 2.05) is 78.9 Å². The summed E-state index contributed by atoms with van der Waals surface area (Å²) in [6.07, 6.45) is -1.05.